The molecule has 15 atom stereocenters. The van der Waals surface area contributed by atoms with Crippen molar-refractivity contribution in [3.63, 3.8) is 0 Å². The van der Waals surface area contributed by atoms with Gasteiger partial charge in [-0.05, 0) is 38.1 Å². The Bertz CT molecular complexity index is 1760. The largest absolute Gasteiger partial charge is 0.507 e. The van der Waals surface area contributed by atoms with Gasteiger partial charge in [0.1, 0.15) is 89.3 Å². The van der Waals surface area contributed by atoms with E-state index in [0.29, 0.717) is 0 Å². The molecule has 0 radical (unpaired) electrons. The Kier molecular flexibility index (Phi) is 11.0. The molecule has 7 unspecified atom stereocenters. The summed E-state index contributed by atoms with van der Waals surface area (Å²) in [6.07, 6.45) is -22.8. The first-order valence-corrected chi connectivity index (χ1v) is 16.2. The van der Waals surface area contributed by atoms with E-state index in [1.807, 2.05) is 0 Å². The molecular formula is C33H40O19. The summed E-state index contributed by atoms with van der Waals surface area (Å²) in [5.41, 5.74) is -1.20. The number of hydrogen-bond donors (Lipinski definition) is 11. The van der Waals surface area contributed by atoms with E-state index in [1.165, 1.54) is 38.1 Å². The number of hydrogen-bond acceptors (Lipinski definition) is 19. The molecule has 3 fully saturated rings. The molecule has 0 aliphatic carbocycles. The number of benzene rings is 2. The van der Waals surface area contributed by atoms with E-state index >= 15 is 0 Å². The number of aromatic hydroxyl groups is 1. The van der Waals surface area contributed by atoms with E-state index in [2.05, 4.69) is 0 Å². The molecule has 19 heteroatoms. The molecule has 286 valence electrons. The van der Waals surface area contributed by atoms with Crippen LogP contribution in [0.4, 0.5) is 0 Å². The summed E-state index contributed by atoms with van der Waals surface area (Å²) in [6.45, 7) is 2.12. The third-order valence-corrected chi connectivity index (χ3v) is 9.23. The molecule has 4 heterocycles. The van der Waals surface area contributed by atoms with E-state index in [1.54, 1.807) is 0 Å². The van der Waals surface area contributed by atoms with Crippen LogP contribution < -0.4 is 19.6 Å². The monoisotopic (exact) mass is 740 g/mol. The van der Waals surface area contributed by atoms with Gasteiger partial charge < -0.3 is 89.0 Å². The van der Waals surface area contributed by atoms with Crippen molar-refractivity contribution in [3.05, 3.63) is 46.6 Å². The van der Waals surface area contributed by atoms with Gasteiger partial charge in [0, 0.05) is 17.7 Å². The van der Waals surface area contributed by atoms with Crippen LogP contribution in [0.1, 0.15) is 13.8 Å². The Morgan fingerprint density at radius 1 is 0.615 bits per heavy atom. The number of aliphatic hydroxyl groups is 10. The van der Waals surface area contributed by atoms with E-state index in [0.717, 1.165) is 12.1 Å². The Morgan fingerprint density at radius 3 is 1.65 bits per heavy atom. The predicted molar refractivity (Wildman–Crippen MR) is 170 cm³/mol. The first-order chi connectivity index (χ1) is 24.6. The van der Waals surface area contributed by atoms with Gasteiger partial charge in [0.15, 0.2) is 5.76 Å². The number of ether oxygens (including phenoxy) is 6. The van der Waals surface area contributed by atoms with E-state index in [4.69, 9.17) is 32.8 Å². The maximum Gasteiger partial charge on any atom is 0.239 e. The highest BCUT2D eigenvalue weighted by Gasteiger charge is 2.46. The molecule has 0 spiro atoms. The minimum atomic E-state index is -1.93. The van der Waals surface area contributed by atoms with Gasteiger partial charge in [-0.25, -0.2) is 0 Å². The number of fused-ring (bicyclic) bond motifs is 1. The second-order valence-electron chi connectivity index (χ2n) is 12.8. The molecule has 0 amide bonds. The fourth-order valence-corrected chi connectivity index (χ4v) is 6.08. The fourth-order valence-electron chi connectivity index (χ4n) is 6.08. The number of phenolic OH excluding ortho intramolecular Hbond substituents is 1. The minimum absolute atomic E-state index is 0.101. The van der Waals surface area contributed by atoms with Crippen LogP contribution >= 0.6 is 0 Å². The summed E-state index contributed by atoms with van der Waals surface area (Å²) < 4.78 is 39.5. The first kappa shape index (κ1) is 38.1. The van der Waals surface area contributed by atoms with E-state index < -0.39 is 121 Å². The van der Waals surface area contributed by atoms with Crippen molar-refractivity contribution in [2.75, 3.05) is 6.61 Å². The van der Waals surface area contributed by atoms with Crippen LogP contribution in [0.5, 0.6) is 23.0 Å². The highest BCUT2D eigenvalue weighted by Crippen LogP contribution is 2.39. The maximum absolute atomic E-state index is 14.0. The Morgan fingerprint density at radius 2 is 1.12 bits per heavy atom. The molecule has 11 N–H and O–H groups in total. The van der Waals surface area contributed by atoms with Crippen LogP contribution in [0, 0.1) is 0 Å². The van der Waals surface area contributed by atoms with Crippen LogP contribution in [-0.2, 0) is 14.2 Å². The summed E-state index contributed by atoms with van der Waals surface area (Å²) >= 11 is 0. The van der Waals surface area contributed by atoms with Crippen molar-refractivity contribution in [1.29, 1.82) is 0 Å². The molecule has 0 saturated carbocycles. The van der Waals surface area contributed by atoms with Gasteiger partial charge in [0.05, 0.1) is 18.8 Å². The summed E-state index contributed by atoms with van der Waals surface area (Å²) in [7, 11) is 0. The van der Waals surface area contributed by atoms with Crippen molar-refractivity contribution in [2.24, 2.45) is 0 Å². The molecule has 3 aliphatic rings. The maximum atomic E-state index is 14.0. The number of phenols is 1. The lowest BCUT2D eigenvalue weighted by Gasteiger charge is -2.39. The average molecular weight is 741 g/mol. The van der Waals surface area contributed by atoms with Crippen molar-refractivity contribution in [1.82, 2.24) is 0 Å². The van der Waals surface area contributed by atoms with Crippen LogP contribution in [0.3, 0.4) is 0 Å². The van der Waals surface area contributed by atoms with Gasteiger partial charge in [-0.3, -0.25) is 4.79 Å². The van der Waals surface area contributed by atoms with Gasteiger partial charge in [-0.1, -0.05) is 0 Å². The molecule has 52 heavy (non-hydrogen) atoms. The van der Waals surface area contributed by atoms with Gasteiger partial charge in [0.25, 0.3) is 0 Å². The standard InChI is InChI=1S/C33H40O19/c1-10-19(36)23(40)26(43)31(46-10)48-13-5-3-12(4-6-13)29-30(52-33-28(45)25(42)21(38)17(9-34)51-33)22(39)18-15(35)7-14(8-16(18)50-29)49-32-27(44)24(41)20(37)11(2)47-32/h3-8,10-11,17,19-21,23-28,31-38,40-45H,9H2,1-2H3/t10?,11?,17?,19-,20-,21+,23?,24-,25?,26-,27?,28?,31-,32-,33-/m0/s1. The van der Waals surface area contributed by atoms with Crippen LogP contribution in [0.2, 0.25) is 0 Å². The third kappa shape index (κ3) is 7.03. The molecule has 0 bridgehead atoms. The zero-order chi connectivity index (χ0) is 37.8. The van der Waals surface area contributed by atoms with Crippen LogP contribution in [-0.4, -0.2) is 155 Å². The minimum Gasteiger partial charge on any atom is -0.507 e. The van der Waals surface area contributed by atoms with Crippen LogP contribution in [0.25, 0.3) is 22.3 Å². The third-order valence-electron chi connectivity index (χ3n) is 9.23. The summed E-state index contributed by atoms with van der Waals surface area (Å²) in [4.78, 5) is 14.0. The highest BCUT2D eigenvalue weighted by atomic mass is 16.7. The van der Waals surface area contributed by atoms with Gasteiger partial charge in [-0.2, -0.15) is 0 Å². The predicted octanol–water partition coefficient (Wildman–Crippen LogP) is -3.24. The molecule has 2 aromatic carbocycles. The Labute approximate surface area is 293 Å². The smallest absolute Gasteiger partial charge is 0.239 e. The van der Waals surface area contributed by atoms with E-state index in [9.17, 15) is 61.0 Å². The second kappa shape index (κ2) is 15.0. The fraction of sp³-hybridized carbons (Fsp3) is 0.545. The van der Waals surface area contributed by atoms with Gasteiger partial charge >= 0.3 is 0 Å². The van der Waals surface area contributed by atoms with Crippen molar-refractivity contribution in [2.45, 2.75) is 106 Å². The normalized spacial score (nSPS) is 38.2. The van der Waals surface area contributed by atoms with Crippen molar-refractivity contribution < 1.29 is 89.0 Å². The molecule has 3 aliphatic heterocycles. The van der Waals surface area contributed by atoms with Gasteiger partial charge in [-0.15, -0.1) is 0 Å². The van der Waals surface area contributed by atoms with Crippen molar-refractivity contribution in [3.8, 4) is 34.3 Å². The lowest BCUT2D eigenvalue weighted by molar-refractivity contribution is -0.277. The molecule has 3 aromatic rings. The lowest BCUT2D eigenvalue weighted by atomic mass is 9.99. The summed E-state index contributed by atoms with van der Waals surface area (Å²) in [6, 6.07) is 7.65. The summed E-state index contributed by atoms with van der Waals surface area (Å²) in [5, 5.41) is 112. The van der Waals surface area contributed by atoms with Crippen molar-refractivity contribution >= 4 is 11.0 Å². The zero-order valence-corrected chi connectivity index (χ0v) is 27.5. The first-order valence-electron chi connectivity index (χ1n) is 16.2. The average Bonchev–Trinajstić information content (AvgIpc) is 3.12. The molecule has 3 saturated heterocycles. The second-order valence-corrected chi connectivity index (χ2v) is 12.8. The summed E-state index contributed by atoms with van der Waals surface area (Å²) in [5.74, 6) is -1.79. The number of rotatable bonds is 8. The topological polar surface area (TPSA) is 308 Å². The SMILES string of the molecule is CC1O[C@@H](Oc2ccc(-c3oc4cc(O[C@@H]5OC(C)[C@H](O)[C@H](O)C5O)cc(O)c4c(=O)c3O[C@@H]3OC(CO)[C@@H](O)C(O)C3O)cc2)[C@@H](O)C(O)[C@H]1O. The van der Waals surface area contributed by atoms with E-state index in [-0.39, 0.29) is 28.4 Å². The Balaban J connectivity index is 1.38. The van der Waals surface area contributed by atoms with Crippen LogP contribution in [0.15, 0.2) is 45.6 Å². The quantitative estimate of drug-likeness (QED) is 0.108. The molecule has 19 nitrogen and oxygen atoms in total. The number of aliphatic hydroxyl groups excluding tert-OH is 10. The molecular weight excluding hydrogens is 700 g/mol. The highest BCUT2D eigenvalue weighted by molar-refractivity contribution is 5.88. The lowest BCUT2D eigenvalue weighted by Crippen LogP contribution is -2.60. The Hall–Kier alpha value is -3.67. The van der Waals surface area contributed by atoms with Gasteiger partial charge in [0.2, 0.25) is 30.0 Å². The molecule has 6 rings (SSSR count). The zero-order valence-electron chi connectivity index (χ0n) is 27.5. The molecule has 1 aromatic heterocycles.